The minimum Gasteiger partial charge on any atom is -0.370 e. The Labute approximate surface area is 283 Å². The highest BCUT2D eigenvalue weighted by atomic mass is 35.5. The number of H-pyrrole nitrogens is 1. The average Bonchev–Trinajstić information content (AvgIpc) is 3.40. The predicted octanol–water partition coefficient (Wildman–Crippen LogP) is 6.34. The summed E-state index contributed by atoms with van der Waals surface area (Å²) in [5, 5.41) is 5.61. The summed E-state index contributed by atoms with van der Waals surface area (Å²) in [5.74, 6) is 0.123. The summed E-state index contributed by atoms with van der Waals surface area (Å²) in [6.07, 6.45) is 5.86. The van der Waals surface area contributed by atoms with Crippen molar-refractivity contribution in [2.24, 2.45) is 22.2 Å². The summed E-state index contributed by atoms with van der Waals surface area (Å²) in [7, 11) is 0. The molecule has 8 N–H and O–H groups in total. The molecular weight excluding hydrogens is 619 g/mol. The molecule has 4 aromatic rings. The molecule has 46 heavy (non-hydrogen) atoms. The van der Waals surface area contributed by atoms with Crippen molar-refractivity contribution in [1.82, 2.24) is 19.9 Å². The highest BCUT2D eigenvalue weighted by Crippen LogP contribution is 2.36. The van der Waals surface area contributed by atoms with E-state index in [-0.39, 0.29) is 22.5 Å². The van der Waals surface area contributed by atoms with Crippen LogP contribution in [0.15, 0.2) is 58.4 Å². The van der Waals surface area contributed by atoms with Crippen LogP contribution in [0.5, 0.6) is 0 Å². The molecule has 0 radical (unpaired) electrons. The molecule has 0 bridgehead atoms. The van der Waals surface area contributed by atoms with Crippen molar-refractivity contribution in [3.05, 3.63) is 91.6 Å². The van der Waals surface area contributed by atoms with Gasteiger partial charge in [-0.2, -0.15) is 4.98 Å². The quantitative estimate of drug-likeness (QED) is 0.0714. The van der Waals surface area contributed by atoms with Crippen LogP contribution in [-0.4, -0.2) is 40.1 Å². The molecule has 0 aliphatic rings. The Hall–Kier alpha value is -3.37. The van der Waals surface area contributed by atoms with Crippen molar-refractivity contribution in [3.63, 3.8) is 0 Å². The van der Waals surface area contributed by atoms with Crippen molar-refractivity contribution < 1.29 is 0 Å². The summed E-state index contributed by atoms with van der Waals surface area (Å²) in [6, 6.07) is 14.1. The molecule has 0 aliphatic heterocycles. The largest absolute Gasteiger partial charge is 0.370 e. The number of hydrogen-bond acceptors (Lipinski definition) is 5. The van der Waals surface area contributed by atoms with Gasteiger partial charge in [-0.25, -0.2) is 4.79 Å². The molecule has 4 rings (SSSR count). The van der Waals surface area contributed by atoms with Gasteiger partial charge in [-0.3, -0.25) is 9.56 Å². The summed E-state index contributed by atoms with van der Waals surface area (Å²) in [6.45, 7) is 15.7. The van der Waals surface area contributed by atoms with Gasteiger partial charge in [0.15, 0.2) is 5.96 Å². The lowest BCUT2D eigenvalue weighted by molar-refractivity contribution is 0.574. The number of benzene rings is 2. The topological polar surface area (TPSA) is 153 Å². The molecule has 0 unspecified atom stereocenters. The van der Waals surface area contributed by atoms with Crippen LogP contribution in [0.4, 0.5) is 0 Å². The number of halogens is 2. The number of guanidine groups is 1. The molecule has 9 nitrogen and oxygen atoms in total. The van der Waals surface area contributed by atoms with E-state index < -0.39 is 0 Å². The maximum Gasteiger partial charge on any atom is 0.354 e. The molecule has 0 amide bonds. The Morgan fingerprint density at radius 1 is 0.957 bits per heavy atom. The Morgan fingerprint density at radius 2 is 1.65 bits per heavy atom. The van der Waals surface area contributed by atoms with Crippen LogP contribution in [0, 0.1) is 0 Å². The number of aromatic amines is 1. The lowest BCUT2D eigenvalue weighted by Crippen LogP contribution is -2.23. The van der Waals surface area contributed by atoms with Crippen LogP contribution < -0.4 is 28.2 Å². The smallest absolute Gasteiger partial charge is 0.354 e. The number of aliphatic imine (C=N–C) groups is 1. The molecule has 2 aromatic carbocycles. The van der Waals surface area contributed by atoms with Crippen LogP contribution in [0.1, 0.15) is 83.2 Å². The van der Waals surface area contributed by atoms with E-state index in [1.54, 1.807) is 4.57 Å². The third-order valence-electron chi connectivity index (χ3n) is 7.48. The first-order valence-corrected chi connectivity index (χ1v) is 16.5. The summed E-state index contributed by atoms with van der Waals surface area (Å²) < 4.78 is 1.58. The van der Waals surface area contributed by atoms with Gasteiger partial charge in [0.05, 0.1) is 15.7 Å². The third-order valence-corrected chi connectivity index (χ3v) is 8.28. The molecule has 0 atom stereocenters. The van der Waals surface area contributed by atoms with Gasteiger partial charge >= 0.3 is 5.69 Å². The highest BCUT2D eigenvalue weighted by Gasteiger charge is 2.20. The van der Waals surface area contributed by atoms with E-state index in [9.17, 15) is 4.79 Å². The number of rotatable bonds is 11. The van der Waals surface area contributed by atoms with Crippen LogP contribution >= 0.6 is 23.2 Å². The van der Waals surface area contributed by atoms with E-state index in [0.29, 0.717) is 22.2 Å². The molecule has 0 aliphatic carbocycles. The fourth-order valence-electron chi connectivity index (χ4n) is 4.81. The SMILES string of the molecule is CC(C)(C)c1cc(CCCCN)cc(Cl)c1Cl.CC(C)(C)c1cc2cn(-c3ccc(CNCCCN=C(N)N)cc3)c(=O)nc2[nH]1. The second kappa shape index (κ2) is 16.5. The van der Waals surface area contributed by atoms with Crippen molar-refractivity contribution in [2.75, 3.05) is 19.6 Å². The second-order valence-corrected chi connectivity index (χ2v) is 14.4. The fourth-order valence-corrected chi connectivity index (χ4v) is 5.45. The molecule has 0 fully saturated rings. The van der Waals surface area contributed by atoms with E-state index in [4.69, 9.17) is 40.4 Å². The first-order chi connectivity index (χ1) is 21.6. The van der Waals surface area contributed by atoms with E-state index in [1.165, 1.54) is 5.56 Å². The number of unbranched alkanes of at least 4 members (excludes halogenated alkanes) is 1. The number of nitrogens with two attached hydrogens (primary N) is 3. The van der Waals surface area contributed by atoms with Crippen LogP contribution in [0.3, 0.4) is 0 Å². The number of fused-ring (bicyclic) bond motifs is 1. The Balaban J connectivity index is 0.000000289. The van der Waals surface area contributed by atoms with Gasteiger partial charge in [-0.15, -0.1) is 0 Å². The van der Waals surface area contributed by atoms with Crippen molar-refractivity contribution in [2.45, 2.75) is 84.6 Å². The van der Waals surface area contributed by atoms with Gasteiger partial charge < -0.3 is 27.5 Å². The average molecular weight is 670 g/mol. The Morgan fingerprint density at radius 3 is 2.26 bits per heavy atom. The molecule has 0 saturated heterocycles. The maximum absolute atomic E-state index is 12.5. The van der Waals surface area contributed by atoms with Gasteiger partial charge in [0.2, 0.25) is 0 Å². The molecule has 11 heteroatoms. The molecule has 2 aromatic heterocycles. The van der Waals surface area contributed by atoms with E-state index in [2.05, 4.69) is 74.0 Å². The van der Waals surface area contributed by atoms with Crippen LogP contribution in [-0.2, 0) is 23.8 Å². The van der Waals surface area contributed by atoms with E-state index in [0.717, 1.165) is 73.2 Å². The second-order valence-electron chi connectivity index (χ2n) is 13.6. The minimum absolute atomic E-state index is 0.0185. The maximum atomic E-state index is 12.5. The van der Waals surface area contributed by atoms with Crippen molar-refractivity contribution >= 4 is 40.2 Å². The number of aryl methyl sites for hydroxylation is 1. The first-order valence-electron chi connectivity index (χ1n) is 15.8. The fraction of sp³-hybridized carbons (Fsp3) is 0.457. The van der Waals surface area contributed by atoms with E-state index in [1.807, 2.05) is 36.5 Å². The zero-order valence-corrected chi connectivity index (χ0v) is 29.5. The van der Waals surface area contributed by atoms with Crippen molar-refractivity contribution in [3.8, 4) is 5.69 Å². The van der Waals surface area contributed by atoms with E-state index >= 15 is 0 Å². The minimum atomic E-state index is -0.301. The molecule has 0 saturated carbocycles. The molecular formula is C35H50Cl2N8O. The lowest BCUT2D eigenvalue weighted by atomic mass is 9.85. The number of aromatic nitrogens is 3. The molecule has 0 spiro atoms. The number of nitrogens with one attached hydrogen (secondary N) is 2. The summed E-state index contributed by atoms with van der Waals surface area (Å²) in [4.78, 5) is 23.9. The third kappa shape index (κ3) is 10.9. The standard InChI is InChI=1S/C21H29N7O.C14H21Cl2N/c1-21(2,3)17-11-15-13-28(20(29)27-18(15)26-17)16-7-5-14(6-8-16)12-24-9-4-10-25-19(22)23;1-14(2,3)11-8-10(6-4-5-7-17)9-12(15)13(11)16/h5-8,11,13,24H,4,9-10,12H2,1-3H3,(H4,22,23,25)(H,26,27,29);8-9H,4-7,17H2,1-3H3. The van der Waals surface area contributed by atoms with Crippen LogP contribution in [0.2, 0.25) is 10.0 Å². The lowest BCUT2D eigenvalue weighted by Gasteiger charge is -2.22. The molecule has 250 valence electrons. The monoisotopic (exact) mass is 668 g/mol. The zero-order chi connectivity index (χ0) is 34.1. The summed E-state index contributed by atoms with van der Waals surface area (Å²) in [5.41, 5.74) is 21.7. The number of nitrogens with zero attached hydrogens (tertiary/aromatic N) is 3. The highest BCUT2D eigenvalue weighted by molar-refractivity contribution is 6.42. The van der Waals surface area contributed by atoms with Gasteiger partial charge in [0.25, 0.3) is 0 Å². The van der Waals surface area contributed by atoms with Gasteiger partial charge in [0.1, 0.15) is 5.65 Å². The van der Waals surface area contributed by atoms with Gasteiger partial charge in [0, 0.05) is 35.8 Å². The van der Waals surface area contributed by atoms with Crippen LogP contribution in [0.25, 0.3) is 16.7 Å². The zero-order valence-electron chi connectivity index (χ0n) is 28.0. The van der Waals surface area contributed by atoms with Gasteiger partial charge in [-0.05, 0) is 85.1 Å². The Kier molecular flexibility index (Phi) is 13.3. The van der Waals surface area contributed by atoms with Gasteiger partial charge in [-0.1, -0.05) is 82.9 Å². The normalized spacial score (nSPS) is 11.8. The molecule has 2 heterocycles. The van der Waals surface area contributed by atoms with Crippen molar-refractivity contribution in [1.29, 1.82) is 0 Å². The number of hydrogen-bond donors (Lipinski definition) is 5. The first kappa shape index (κ1) is 37.1. The predicted molar refractivity (Wildman–Crippen MR) is 195 cm³/mol. The summed E-state index contributed by atoms with van der Waals surface area (Å²) >= 11 is 12.4. The Bertz CT molecular complexity index is 1660.